The molecule has 0 aromatic heterocycles. The smallest absolute Gasteiger partial charge is 0.322 e. The molecule has 0 radical (unpaired) electrons. The van der Waals surface area contributed by atoms with Crippen molar-refractivity contribution in [3.05, 3.63) is 83.9 Å². The maximum absolute atomic E-state index is 13.2. The average Bonchev–Trinajstić information content (AvgIpc) is 2.92. The summed E-state index contributed by atoms with van der Waals surface area (Å²) in [7, 11) is -3.31. The molecule has 9 heteroatoms. The maximum atomic E-state index is 13.2. The molecule has 1 fully saturated rings. The zero-order valence-corrected chi connectivity index (χ0v) is 24.4. The molecule has 0 aliphatic carbocycles. The van der Waals surface area contributed by atoms with Crippen LogP contribution in [0.4, 0.5) is 16.2 Å². The number of likely N-dealkylation sites (tertiary alicyclic amines) is 1. The zero-order valence-electron chi connectivity index (χ0n) is 23.6. The third kappa shape index (κ3) is 8.72. The summed E-state index contributed by atoms with van der Waals surface area (Å²) in [6, 6.07) is 23.1. The van der Waals surface area contributed by atoms with E-state index in [1.54, 1.807) is 24.3 Å². The van der Waals surface area contributed by atoms with Gasteiger partial charge in [0.25, 0.3) is 0 Å². The molecule has 1 saturated heterocycles. The molecule has 8 nitrogen and oxygen atoms in total. The molecule has 0 atom stereocenters. The number of para-hydroxylation sites is 1. The van der Waals surface area contributed by atoms with E-state index in [9.17, 15) is 13.2 Å². The lowest BCUT2D eigenvalue weighted by Crippen LogP contribution is -2.49. The molecule has 0 saturated carbocycles. The molecule has 0 spiro atoms. The molecule has 0 bridgehead atoms. The first-order valence-electron chi connectivity index (χ1n) is 13.9. The number of amides is 2. The summed E-state index contributed by atoms with van der Waals surface area (Å²) >= 11 is 0. The average molecular weight is 565 g/mol. The lowest BCUT2D eigenvalue weighted by atomic mass is 10.0. The van der Waals surface area contributed by atoms with E-state index in [4.69, 9.17) is 4.74 Å². The topological polar surface area (TPSA) is 91.0 Å². The first kappa shape index (κ1) is 29.4. The van der Waals surface area contributed by atoms with Crippen molar-refractivity contribution < 1.29 is 17.9 Å². The first-order valence-corrected chi connectivity index (χ1v) is 15.8. The quantitative estimate of drug-likeness (QED) is 0.292. The number of anilines is 2. The minimum absolute atomic E-state index is 0.00177. The number of nitrogens with one attached hydrogen (secondary N) is 2. The third-order valence-electron chi connectivity index (χ3n) is 7.02. The van der Waals surface area contributed by atoms with Crippen molar-refractivity contribution in [3.63, 3.8) is 0 Å². The van der Waals surface area contributed by atoms with Gasteiger partial charge in [-0.25, -0.2) is 13.2 Å². The normalized spacial score (nSPS) is 14.5. The lowest BCUT2D eigenvalue weighted by Gasteiger charge is -2.34. The molecular formula is C31H40N4O4S. The first-order chi connectivity index (χ1) is 19.2. The van der Waals surface area contributed by atoms with E-state index in [1.165, 1.54) is 5.56 Å². The Morgan fingerprint density at radius 2 is 1.60 bits per heavy atom. The number of carbonyl (C=O) groups is 1. The van der Waals surface area contributed by atoms with Crippen LogP contribution in [0.15, 0.2) is 72.8 Å². The number of carbonyl (C=O) groups excluding carboxylic acids is 1. The van der Waals surface area contributed by atoms with Gasteiger partial charge in [0.1, 0.15) is 11.5 Å². The Bertz CT molecular complexity index is 1350. The van der Waals surface area contributed by atoms with Crippen molar-refractivity contribution in [2.45, 2.75) is 52.1 Å². The number of hydrogen-bond donors (Lipinski definition) is 2. The minimum atomic E-state index is -3.31. The van der Waals surface area contributed by atoms with E-state index in [-0.39, 0.29) is 12.1 Å². The van der Waals surface area contributed by atoms with E-state index in [0.717, 1.165) is 75.1 Å². The fourth-order valence-corrected chi connectivity index (χ4v) is 5.43. The summed E-state index contributed by atoms with van der Waals surface area (Å²) in [5.41, 5.74) is 3.79. The van der Waals surface area contributed by atoms with E-state index in [2.05, 4.69) is 47.0 Å². The second kappa shape index (κ2) is 13.7. The fraction of sp³-hybridized carbons (Fsp3) is 0.387. The number of hydrogen-bond acceptors (Lipinski definition) is 5. The summed E-state index contributed by atoms with van der Waals surface area (Å²) in [6.45, 7) is 7.62. The van der Waals surface area contributed by atoms with Gasteiger partial charge in [-0.05, 0) is 79.8 Å². The highest BCUT2D eigenvalue weighted by Crippen LogP contribution is 2.25. The highest BCUT2D eigenvalue weighted by molar-refractivity contribution is 7.92. The summed E-state index contributed by atoms with van der Waals surface area (Å²) in [5, 5.41) is 3.29. The van der Waals surface area contributed by atoms with Gasteiger partial charge < -0.3 is 10.1 Å². The highest BCUT2D eigenvalue weighted by atomic mass is 32.2. The SMILES string of the molecule is CCCCN(C(=O)NC1CCN(Cc2ccc(Oc3ccc(NS(C)(=O)=O)cc3)cc2)CC1)c1ccccc1C. The van der Waals surface area contributed by atoms with Gasteiger partial charge in [-0.15, -0.1) is 0 Å². The Kier molecular flexibility index (Phi) is 10.1. The van der Waals surface area contributed by atoms with Crippen molar-refractivity contribution in [2.75, 3.05) is 35.5 Å². The third-order valence-corrected chi connectivity index (χ3v) is 7.63. The van der Waals surface area contributed by atoms with Gasteiger partial charge in [0, 0.05) is 43.6 Å². The number of unbranched alkanes of at least 4 members (excludes halogenated alkanes) is 1. The van der Waals surface area contributed by atoms with E-state index in [0.29, 0.717) is 11.4 Å². The molecule has 1 aliphatic heterocycles. The highest BCUT2D eigenvalue weighted by Gasteiger charge is 2.24. The number of nitrogens with zero attached hydrogens (tertiary/aromatic N) is 2. The minimum Gasteiger partial charge on any atom is -0.457 e. The van der Waals surface area contributed by atoms with Crippen molar-refractivity contribution in [1.29, 1.82) is 0 Å². The van der Waals surface area contributed by atoms with Gasteiger partial charge in [-0.3, -0.25) is 14.5 Å². The van der Waals surface area contributed by atoms with Gasteiger partial charge in [-0.2, -0.15) is 0 Å². The molecule has 4 rings (SSSR count). The van der Waals surface area contributed by atoms with Crippen molar-refractivity contribution in [3.8, 4) is 11.5 Å². The Labute approximate surface area is 238 Å². The largest absolute Gasteiger partial charge is 0.457 e. The van der Waals surface area contributed by atoms with Crippen LogP contribution in [0.3, 0.4) is 0 Å². The van der Waals surface area contributed by atoms with Crippen LogP contribution in [-0.2, 0) is 16.6 Å². The van der Waals surface area contributed by atoms with Gasteiger partial charge in [0.2, 0.25) is 10.0 Å². The van der Waals surface area contributed by atoms with Gasteiger partial charge in [0.15, 0.2) is 0 Å². The Morgan fingerprint density at radius 1 is 0.975 bits per heavy atom. The summed E-state index contributed by atoms with van der Waals surface area (Å²) in [5.74, 6) is 1.35. The number of ether oxygens (including phenoxy) is 1. The number of piperidine rings is 1. The molecular weight excluding hydrogens is 524 g/mol. The molecule has 214 valence electrons. The van der Waals surface area contributed by atoms with Gasteiger partial charge >= 0.3 is 6.03 Å². The number of benzene rings is 3. The summed E-state index contributed by atoms with van der Waals surface area (Å²) in [4.78, 5) is 17.6. The number of sulfonamides is 1. The van der Waals surface area contributed by atoms with Gasteiger partial charge in [-0.1, -0.05) is 43.7 Å². The fourth-order valence-electron chi connectivity index (χ4n) is 4.86. The van der Waals surface area contributed by atoms with E-state index < -0.39 is 10.0 Å². The summed E-state index contributed by atoms with van der Waals surface area (Å²) < 4.78 is 31.1. The molecule has 3 aromatic rings. The standard InChI is InChI=1S/C31H40N4O4S/c1-4-5-20-35(30-9-7-6-8-24(30)2)31(36)32-26-18-21-34(22-19-26)23-25-10-14-28(15-11-25)39-29-16-12-27(13-17-29)33-40(3,37)38/h6-17,26,33H,4-5,18-23H2,1-3H3,(H,32,36). The van der Waals surface area contributed by atoms with Crippen LogP contribution in [-0.4, -0.2) is 51.3 Å². The summed E-state index contributed by atoms with van der Waals surface area (Å²) in [6.07, 6.45) is 4.98. The Morgan fingerprint density at radius 3 is 2.20 bits per heavy atom. The second-order valence-electron chi connectivity index (χ2n) is 10.4. The predicted octanol–water partition coefficient (Wildman–Crippen LogP) is 6.14. The zero-order chi connectivity index (χ0) is 28.5. The van der Waals surface area contributed by atoms with Crippen molar-refractivity contribution in [2.24, 2.45) is 0 Å². The predicted molar refractivity (Wildman–Crippen MR) is 162 cm³/mol. The van der Waals surface area contributed by atoms with Crippen LogP contribution in [0.25, 0.3) is 0 Å². The van der Waals surface area contributed by atoms with Crippen LogP contribution in [0, 0.1) is 6.92 Å². The number of rotatable bonds is 11. The molecule has 2 N–H and O–H groups in total. The molecule has 0 unspecified atom stereocenters. The lowest BCUT2D eigenvalue weighted by molar-refractivity contribution is 0.188. The molecule has 1 aliphatic rings. The van der Waals surface area contributed by atoms with Crippen LogP contribution in [0.5, 0.6) is 11.5 Å². The second-order valence-corrected chi connectivity index (χ2v) is 12.2. The Hall–Kier alpha value is -3.56. The van der Waals surface area contributed by atoms with Crippen LogP contribution < -0.4 is 19.7 Å². The molecule has 3 aromatic carbocycles. The van der Waals surface area contributed by atoms with Crippen LogP contribution >= 0.6 is 0 Å². The Balaban J connectivity index is 1.25. The van der Waals surface area contributed by atoms with Crippen LogP contribution in [0.1, 0.15) is 43.7 Å². The van der Waals surface area contributed by atoms with Gasteiger partial charge in [0.05, 0.1) is 6.26 Å². The number of urea groups is 1. The molecule has 2 amide bonds. The molecule has 1 heterocycles. The van der Waals surface area contributed by atoms with E-state index >= 15 is 0 Å². The maximum Gasteiger partial charge on any atom is 0.322 e. The van der Waals surface area contributed by atoms with Crippen molar-refractivity contribution >= 4 is 27.4 Å². The van der Waals surface area contributed by atoms with Crippen LogP contribution in [0.2, 0.25) is 0 Å². The number of aryl methyl sites for hydroxylation is 1. The van der Waals surface area contributed by atoms with E-state index in [1.807, 2.05) is 35.2 Å². The molecule has 40 heavy (non-hydrogen) atoms. The monoisotopic (exact) mass is 564 g/mol. The van der Waals surface area contributed by atoms with Crippen molar-refractivity contribution in [1.82, 2.24) is 10.2 Å².